The maximum Gasteiger partial charge on any atom is 0.125 e. The first kappa shape index (κ1) is 12.0. The van der Waals surface area contributed by atoms with Crippen LogP contribution in [0.2, 0.25) is 0 Å². The molecular weight excluding hydrogens is 191 g/mol. The van der Waals surface area contributed by atoms with E-state index in [1.54, 1.807) is 6.07 Å². The average Bonchev–Trinajstić information content (AvgIpc) is 2.17. The van der Waals surface area contributed by atoms with Crippen LogP contribution in [0.3, 0.4) is 0 Å². The summed E-state index contributed by atoms with van der Waals surface area (Å²) in [6.45, 7) is 7.49. The van der Waals surface area contributed by atoms with Crippen LogP contribution in [-0.2, 0) is 6.54 Å². The van der Waals surface area contributed by atoms with Crippen LogP contribution in [0, 0.1) is 5.82 Å². The highest BCUT2D eigenvalue weighted by Gasteiger charge is 2.10. The van der Waals surface area contributed by atoms with Crippen LogP contribution in [0.5, 0.6) is 0 Å². The van der Waals surface area contributed by atoms with E-state index >= 15 is 0 Å². The summed E-state index contributed by atoms with van der Waals surface area (Å²) in [4.78, 5) is 2.14. The molecule has 0 radical (unpaired) electrons. The summed E-state index contributed by atoms with van der Waals surface area (Å²) < 4.78 is 13.3. The normalized spacial score (nSPS) is 10.8. The van der Waals surface area contributed by atoms with Crippen molar-refractivity contribution in [1.82, 2.24) is 0 Å². The highest BCUT2D eigenvalue weighted by atomic mass is 19.1. The van der Waals surface area contributed by atoms with Gasteiger partial charge in [0.1, 0.15) is 5.82 Å². The highest BCUT2D eigenvalue weighted by molar-refractivity contribution is 5.49. The Bertz CT molecular complexity index is 323. The van der Waals surface area contributed by atoms with Crippen molar-refractivity contribution in [3.05, 3.63) is 29.6 Å². The van der Waals surface area contributed by atoms with Crippen molar-refractivity contribution in [2.24, 2.45) is 5.73 Å². The standard InChI is InChI=1S/C12H19FN2/c1-4-15(9(2)3)12-6-10(8-14)5-11(13)7-12/h5-7,9H,4,8,14H2,1-3H3. The van der Waals surface area contributed by atoms with Crippen LogP contribution < -0.4 is 10.6 Å². The lowest BCUT2D eigenvalue weighted by atomic mass is 10.1. The summed E-state index contributed by atoms with van der Waals surface area (Å²) in [5.41, 5.74) is 7.27. The SMILES string of the molecule is CCN(c1cc(F)cc(CN)c1)C(C)C. The number of rotatable bonds is 4. The summed E-state index contributed by atoms with van der Waals surface area (Å²) in [7, 11) is 0. The molecular formula is C12H19FN2. The van der Waals surface area contributed by atoms with E-state index in [4.69, 9.17) is 5.73 Å². The summed E-state index contributed by atoms with van der Waals surface area (Å²) in [6, 6.07) is 5.36. The number of nitrogens with zero attached hydrogens (tertiary/aromatic N) is 1. The van der Waals surface area contributed by atoms with E-state index in [1.165, 1.54) is 6.07 Å². The second-order valence-electron chi connectivity index (χ2n) is 3.90. The monoisotopic (exact) mass is 210 g/mol. The fraction of sp³-hybridized carbons (Fsp3) is 0.500. The van der Waals surface area contributed by atoms with Gasteiger partial charge in [0.25, 0.3) is 0 Å². The van der Waals surface area contributed by atoms with Gasteiger partial charge in [0.2, 0.25) is 0 Å². The summed E-state index contributed by atoms with van der Waals surface area (Å²) in [6.07, 6.45) is 0. The Morgan fingerprint density at radius 3 is 2.47 bits per heavy atom. The second kappa shape index (κ2) is 5.12. The van der Waals surface area contributed by atoms with Crippen LogP contribution in [0.15, 0.2) is 18.2 Å². The molecule has 2 nitrogen and oxygen atoms in total. The molecule has 0 aliphatic rings. The Balaban J connectivity index is 3.06. The van der Waals surface area contributed by atoms with Crippen LogP contribution in [0.4, 0.5) is 10.1 Å². The van der Waals surface area contributed by atoms with Crippen LogP contribution in [0.1, 0.15) is 26.3 Å². The predicted molar refractivity (Wildman–Crippen MR) is 62.4 cm³/mol. The number of halogens is 1. The van der Waals surface area contributed by atoms with E-state index in [-0.39, 0.29) is 5.82 Å². The average molecular weight is 210 g/mol. The lowest BCUT2D eigenvalue weighted by Crippen LogP contribution is -2.30. The molecule has 2 N–H and O–H groups in total. The van der Waals surface area contributed by atoms with E-state index in [1.807, 2.05) is 6.07 Å². The minimum atomic E-state index is -0.216. The van der Waals surface area contributed by atoms with Crippen molar-refractivity contribution in [3.63, 3.8) is 0 Å². The molecule has 1 rings (SSSR count). The van der Waals surface area contributed by atoms with Gasteiger partial charge in [-0.3, -0.25) is 0 Å². The molecule has 0 heterocycles. The topological polar surface area (TPSA) is 29.3 Å². The van der Waals surface area contributed by atoms with Crippen molar-refractivity contribution in [3.8, 4) is 0 Å². The number of benzene rings is 1. The molecule has 0 aliphatic heterocycles. The maximum atomic E-state index is 13.3. The van der Waals surface area contributed by atoms with E-state index in [0.29, 0.717) is 12.6 Å². The molecule has 0 atom stereocenters. The van der Waals surface area contributed by atoms with Crippen molar-refractivity contribution in [2.45, 2.75) is 33.4 Å². The third-order valence-electron chi connectivity index (χ3n) is 2.47. The van der Waals surface area contributed by atoms with Crippen molar-refractivity contribution < 1.29 is 4.39 Å². The lowest BCUT2D eigenvalue weighted by Gasteiger charge is -2.28. The van der Waals surface area contributed by atoms with Gasteiger partial charge in [-0.25, -0.2) is 4.39 Å². The molecule has 84 valence electrons. The molecule has 15 heavy (non-hydrogen) atoms. The predicted octanol–water partition coefficient (Wildman–Crippen LogP) is 2.52. The number of hydrogen-bond acceptors (Lipinski definition) is 2. The zero-order valence-electron chi connectivity index (χ0n) is 9.63. The van der Waals surface area contributed by atoms with E-state index in [9.17, 15) is 4.39 Å². The molecule has 0 saturated heterocycles. The van der Waals surface area contributed by atoms with E-state index in [2.05, 4.69) is 25.7 Å². The number of nitrogens with two attached hydrogens (primary N) is 1. The van der Waals surface area contributed by atoms with Crippen molar-refractivity contribution >= 4 is 5.69 Å². The van der Waals surface area contributed by atoms with Gasteiger partial charge in [0.05, 0.1) is 0 Å². The fourth-order valence-electron chi connectivity index (χ4n) is 1.76. The number of hydrogen-bond donors (Lipinski definition) is 1. The van der Waals surface area contributed by atoms with E-state index in [0.717, 1.165) is 17.8 Å². The zero-order chi connectivity index (χ0) is 11.4. The first-order valence-electron chi connectivity index (χ1n) is 5.34. The minimum Gasteiger partial charge on any atom is -0.369 e. The minimum absolute atomic E-state index is 0.216. The van der Waals surface area contributed by atoms with Crippen LogP contribution >= 0.6 is 0 Å². The highest BCUT2D eigenvalue weighted by Crippen LogP contribution is 2.20. The molecule has 1 aromatic rings. The third kappa shape index (κ3) is 2.93. The Hall–Kier alpha value is -1.09. The third-order valence-corrected chi connectivity index (χ3v) is 2.47. The van der Waals surface area contributed by atoms with Gasteiger partial charge in [-0.2, -0.15) is 0 Å². The molecule has 0 bridgehead atoms. The van der Waals surface area contributed by atoms with Crippen LogP contribution in [0.25, 0.3) is 0 Å². The first-order valence-corrected chi connectivity index (χ1v) is 5.34. The fourth-order valence-corrected chi connectivity index (χ4v) is 1.76. The zero-order valence-corrected chi connectivity index (χ0v) is 9.63. The molecule has 0 amide bonds. The Morgan fingerprint density at radius 1 is 1.33 bits per heavy atom. The van der Waals surface area contributed by atoms with Gasteiger partial charge >= 0.3 is 0 Å². The maximum absolute atomic E-state index is 13.3. The Kier molecular flexibility index (Phi) is 4.09. The van der Waals surface area contributed by atoms with Gasteiger partial charge in [0.15, 0.2) is 0 Å². The largest absolute Gasteiger partial charge is 0.369 e. The molecule has 0 aromatic heterocycles. The second-order valence-corrected chi connectivity index (χ2v) is 3.90. The van der Waals surface area contributed by atoms with Gasteiger partial charge in [-0.1, -0.05) is 0 Å². The Morgan fingerprint density at radius 2 is 2.00 bits per heavy atom. The van der Waals surface area contributed by atoms with Gasteiger partial charge in [-0.05, 0) is 44.5 Å². The van der Waals surface area contributed by atoms with Gasteiger partial charge in [-0.15, -0.1) is 0 Å². The van der Waals surface area contributed by atoms with Crippen molar-refractivity contribution in [2.75, 3.05) is 11.4 Å². The summed E-state index contributed by atoms with van der Waals surface area (Å²) >= 11 is 0. The molecule has 0 fully saturated rings. The molecule has 1 aromatic carbocycles. The molecule has 0 unspecified atom stereocenters. The quantitative estimate of drug-likeness (QED) is 0.827. The van der Waals surface area contributed by atoms with Gasteiger partial charge < -0.3 is 10.6 Å². The van der Waals surface area contributed by atoms with Crippen molar-refractivity contribution in [1.29, 1.82) is 0 Å². The molecule has 0 saturated carbocycles. The summed E-state index contributed by atoms with van der Waals surface area (Å²) in [5, 5.41) is 0. The number of anilines is 1. The summed E-state index contributed by atoms with van der Waals surface area (Å²) in [5.74, 6) is -0.216. The van der Waals surface area contributed by atoms with Crippen LogP contribution in [-0.4, -0.2) is 12.6 Å². The Labute approximate surface area is 90.9 Å². The smallest absolute Gasteiger partial charge is 0.125 e. The molecule has 0 aliphatic carbocycles. The lowest BCUT2D eigenvalue weighted by molar-refractivity contribution is 0.621. The van der Waals surface area contributed by atoms with E-state index < -0.39 is 0 Å². The van der Waals surface area contributed by atoms with Gasteiger partial charge in [0, 0.05) is 24.8 Å². The molecule has 0 spiro atoms. The molecule has 3 heteroatoms. The first-order chi connectivity index (χ1) is 7.08.